The van der Waals surface area contributed by atoms with Crippen LogP contribution in [0.4, 0.5) is 5.69 Å². The highest BCUT2D eigenvalue weighted by Crippen LogP contribution is 2.17. The van der Waals surface area contributed by atoms with Gasteiger partial charge in [0.15, 0.2) is 5.96 Å². The first-order valence-corrected chi connectivity index (χ1v) is 9.75. The summed E-state index contributed by atoms with van der Waals surface area (Å²) in [6.07, 6.45) is 0. The smallest absolute Gasteiger partial charge is 0.221 e. The number of nitrogens with one attached hydrogen (secondary N) is 3. The van der Waals surface area contributed by atoms with Gasteiger partial charge in [-0.2, -0.15) is 0 Å². The van der Waals surface area contributed by atoms with Crippen LogP contribution >= 0.6 is 35.3 Å². The standard InChI is InChI=1S/C19H27N5O2S.HI/c1-5-20-19(22-12-18-23-13(2)14(3)27-18)21-9-10-26-17-8-6-7-16(11-17)24-15(4)25;/h6-8,11H,5,9-10,12H2,1-4H3,(H,24,25)(H2,20,21,22);1H. The van der Waals surface area contributed by atoms with E-state index in [1.54, 1.807) is 17.4 Å². The van der Waals surface area contributed by atoms with Gasteiger partial charge in [0, 0.05) is 30.1 Å². The second-order valence-corrected chi connectivity index (χ2v) is 7.22. The summed E-state index contributed by atoms with van der Waals surface area (Å²) in [5.74, 6) is 1.34. The van der Waals surface area contributed by atoms with Crippen LogP contribution in [0.2, 0.25) is 0 Å². The Labute approximate surface area is 187 Å². The van der Waals surface area contributed by atoms with E-state index in [2.05, 4.69) is 32.9 Å². The van der Waals surface area contributed by atoms with Crippen LogP contribution in [-0.4, -0.2) is 36.5 Å². The van der Waals surface area contributed by atoms with Crippen molar-refractivity contribution in [3.8, 4) is 5.75 Å². The third-order valence-corrected chi connectivity index (χ3v) is 4.66. The van der Waals surface area contributed by atoms with Crippen LogP contribution in [-0.2, 0) is 11.3 Å². The summed E-state index contributed by atoms with van der Waals surface area (Å²) in [4.78, 5) is 21.4. The van der Waals surface area contributed by atoms with E-state index in [0.717, 1.165) is 28.9 Å². The molecule has 0 fully saturated rings. The first kappa shape index (κ1) is 24.2. The Morgan fingerprint density at radius 2 is 2.07 bits per heavy atom. The van der Waals surface area contributed by atoms with Crippen LogP contribution in [0.25, 0.3) is 0 Å². The Hall–Kier alpha value is -1.88. The molecule has 0 saturated heterocycles. The molecule has 3 N–H and O–H groups in total. The number of nitrogens with zero attached hydrogens (tertiary/aromatic N) is 2. The number of hydrogen-bond acceptors (Lipinski definition) is 5. The quantitative estimate of drug-likeness (QED) is 0.216. The zero-order valence-corrected chi connectivity index (χ0v) is 19.8. The van der Waals surface area contributed by atoms with Crippen molar-refractivity contribution in [3.63, 3.8) is 0 Å². The van der Waals surface area contributed by atoms with Crippen molar-refractivity contribution in [1.82, 2.24) is 15.6 Å². The number of aryl methyl sites for hydroxylation is 2. The van der Waals surface area contributed by atoms with Gasteiger partial charge in [-0.15, -0.1) is 35.3 Å². The fourth-order valence-electron chi connectivity index (χ4n) is 2.30. The van der Waals surface area contributed by atoms with Crippen LogP contribution in [0, 0.1) is 13.8 Å². The number of carbonyl (C=O) groups excluding carboxylic acids is 1. The molecule has 0 aliphatic rings. The Morgan fingerprint density at radius 3 is 2.71 bits per heavy atom. The summed E-state index contributed by atoms with van der Waals surface area (Å²) >= 11 is 1.68. The second kappa shape index (κ2) is 12.6. The molecule has 9 heteroatoms. The topological polar surface area (TPSA) is 87.6 Å². The first-order valence-electron chi connectivity index (χ1n) is 8.93. The zero-order chi connectivity index (χ0) is 19.6. The molecule has 154 valence electrons. The summed E-state index contributed by atoms with van der Waals surface area (Å²) in [7, 11) is 0. The molecule has 0 radical (unpaired) electrons. The molecule has 1 heterocycles. The van der Waals surface area contributed by atoms with E-state index >= 15 is 0 Å². The van der Waals surface area contributed by atoms with Gasteiger partial charge in [-0.1, -0.05) is 6.07 Å². The number of hydrogen-bond donors (Lipinski definition) is 3. The van der Waals surface area contributed by atoms with E-state index in [0.29, 0.717) is 25.4 Å². The molecule has 2 rings (SSSR count). The third-order valence-electron chi connectivity index (χ3n) is 3.61. The molecule has 1 amide bonds. The van der Waals surface area contributed by atoms with E-state index in [1.165, 1.54) is 11.8 Å². The van der Waals surface area contributed by atoms with Crippen LogP contribution in [0.5, 0.6) is 5.75 Å². The highest BCUT2D eigenvalue weighted by molar-refractivity contribution is 14.0. The van der Waals surface area contributed by atoms with Crippen LogP contribution in [0.15, 0.2) is 29.3 Å². The Morgan fingerprint density at radius 1 is 1.29 bits per heavy atom. The van der Waals surface area contributed by atoms with Gasteiger partial charge in [-0.05, 0) is 32.9 Å². The van der Waals surface area contributed by atoms with Gasteiger partial charge >= 0.3 is 0 Å². The molecule has 1 aromatic heterocycles. The van der Waals surface area contributed by atoms with Gasteiger partial charge in [0.05, 0.1) is 18.8 Å². The molecule has 0 aliphatic heterocycles. The first-order chi connectivity index (χ1) is 13.0. The van der Waals surface area contributed by atoms with E-state index in [1.807, 2.05) is 32.0 Å². The monoisotopic (exact) mass is 517 g/mol. The number of guanidine groups is 1. The Bertz CT molecular complexity index is 775. The van der Waals surface area contributed by atoms with Crippen molar-refractivity contribution in [2.75, 3.05) is 25.0 Å². The highest BCUT2D eigenvalue weighted by atomic mass is 127. The number of aliphatic imine (C=N–C) groups is 1. The van der Waals surface area contributed by atoms with E-state index in [4.69, 9.17) is 4.74 Å². The summed E-state index contributed by atoms with van der Waals surface area (Å²) < 4.78 is 5.73. The predicted octanol–water partition coefficient (Wildman–Crippen LogP) is 3.47. The zero-order valence-electron chi connectivity index (χ0n) is 16.7. The van der Waals surface area contributed by atoms with Gasteiger partial charge in [0.2, 0.25) is 5.91 Å². The third kappa shape index (κ3) is 8.42. The lowest BCUT2D eigenvalue weighted by atomic mass is 10.3. The average Bonchev–Trinajstić information content (AvgIpc) is 2.94. The SMILES string of the molecule is CCNC(=NCc1nc(C)c(C)s1)NCCOc1cccc(NC(C)=O)c1.I. The molecular formula is C19H28IN5O2S. The summed E-state index contributed by atoms with van der Waals surface area (Å²) in [5.41, 5.74) is 1.79. The van der Waals surface area contributed by atoms with Gasteiger partial charge < -0.3 is 20.7 Å². The molecule has 0 unspecified atom stereocenters. The normalized spacial score (nSPS) is 10.8. The number of amides is 1. The molecule has 0 atom stereocenters. The maximum atomic E-state index is 11.1. The van der Waals surface area contributed by atoms with Gasteiger partial charge in [-0.25, -0.2) is 9.98 Å². The lowest BCUT2D eigenvalue weighted by Gasteiger charge is -2.12. The molecule has 0 spiro atoms. The summed E-state index contributed by atoms with van der Waals surface area (Å²) in [6.45, 7) is 10.0. The number of ether oxygens (including phenoxy) is 1. The van der Waals surface area contributed by atoms with Crippen molar-refractivity contribution in [1.29, 1.82) is 0 Å². The minimum absolute atomic E-state index is 0. The Balaban J connectivity index is 0.00000392. The van der Waals surface area contributed by atoms with Crippen molar-refractivity contribution in [2.24, 2.45) is 4.99 Å². The molecule has 0 bridgehead atoms. The lowest BCUT2D eigenvalue weighted by molar-refractivity contribution is -0.114. The van der Waals surface area contributed by atoms with Crippen LogP contribution in [0.1, 0.15) is 29.4 Å². The minimum Gasteiger partial charge on any atom is -0.492 e. The van der Waals surface area contributed by atoms with Gasteiger partial charge in [-0.3, -0.25) is 4.79 Å². The molecule has 0 saturated carbocycles. The van der Waals surface area contributed by atoms with Crippen LogP contribution in [0.3, 0.4) is 0 Å². The molecule has 1 aromatic carbocycles. The number of aromatic nitrogens is 1. The lowest BCUT2D eigenvalue weighted by Crippen LogP contribution is -2.39. The largest absolute Gasteiger partial charge is 0.492 e. The second-order valence-electron chi connectivity index (χ2n) is 5.93. The molecule has 2 aromatic rings. The van der Waals surface area contributed by atoms with Crippen molar-refractivity contribution >= 4 is 52.9 Å². The van der Waals surface area contributed by atoms with Gasteiger partial charge in [0.25, 0.3) is 0 Å². The number of thiazole rings is 1. The van der Waals surface area contributed by atoms with Crippen molar-refractivity contribution < 1.29 is 9.53 Å². The van der Waals surface area contributed by atoms with Gasteiger partial charge in [0.1, 0.15) is 17.4 Å². The van der Waals surface area contributed by atoms with E-state index in [9.17, 15) is 4.79 Å². The average molecular weight is 517 g/mol. The number of benzene rings is 1. The fraction of sp³-hybridized carbons (Fsp3) is 0.421. The van der Waals surface area contributed by atoms with E-state index in [-0.39, 0.29) is 29.9 Å². The highest BCUT2D eigenvalue weighted by Gasteiger charge is 2.04. The number of carbonyl (C=O) groups is 1. The number of rotatable bonds is 8. The molecule has 0 aliphatic carbocycles. The minimum atomic E-state index is -0.106. The van der Waals surface area contributed by atoms with Crippen molar-refractivity contribution in [2.45, 2.75) is 34.2 Å². The predicted molar refractivity (Wildman–Crippen MR) is 126 cm³/mol. The molecule has 28 heavy (non-hydrogen) atoms. The Kier molecular flexibility index (Phi) is 10.8. The summed E-state index contributed by atoms with van der Waals surface area (Å²) in [6, 6.07) is 7.33. The maximum absolute atomic E-state index is 11.1. The number of halogens is 1. The van der Waals surface area contributed by atoms with Crippen molar-refractivity contribution in [3.05, 3.63) is 39.8 Å². The molecular weight excluding hydrogens is 489 g/mol. The maximum Gasteiger partial charge on any atom is 0.221 e. The fourth-order valence-corrected chi connectivity index (χ4v) is 3.16. The van der Waals surface area contributed by atoms with E-state index < -0.39 is 0 Å². The summed E-state index contributed by atoms with van der Waals surface area (Å²) in [5, 5.41) is 10.2. The van der Waals surface area contributed by atoms with Crippen LogP contribution < -0.4 is 20.7 Å². The molecule has 7 nitrogen and oxygen atoms in total. The number of anilines is 1.